The van der Waals surface area contributed by atoms with Crippen molar-refractivity contribution in [2.45, 2.75) is 19.8 Å². The van der Waals surface area contributed by atoms with Gasteiger partial charge in [0, 0.05) is 30.8 Å². The Kier molecular flexibility index (Phi) is 3.20. The predicted molar refractivity (Wildman–Crippen MR) is 71.8 cm³/mol. The number of aryl methyl sites for hydroxylation is 1. The van der Waals surface area contributed by atoms with E-state index >= 15 is 0 Å². The van der Waals surface area contributed by atoms with Gasteiger partial charge < -0.3 is 9.32 Å². The molecule has 0 saturated heterocycles. The first-order valence-corrected chi connectivity index (χ1v) is 6.25. The summed E-state index contributed by atoms with van der Waals surface area (Å²) in [6, 6.07) is 5.60. The maximum Gasteiger partial charge on any atom is 0.227 e. The molecule has 0 unspecified atom stereocenters. The van der Waals surface area contributed by atoms with Crippen molar-refractivity contribution in [3.05, 3.63) is 36.5 Å². The third kappa shape index (κ3) is 2.54. The number of hydrogen-bond donors (Lipinski definition) is 0. The molecule has 0 spiro atoms. The third-order valence-electron chi connectivity index (χ3n) is 2.89. The molecule has 3 aromatic rings. The van der Waals surface area contributed by atoms with E-state index in [-0.39, 0.29) is 5.78 Å². The minimum atomic E-state index is 0.103. The van der Waals surface area contributed by atoms with E-state index in [1.54, 1.807) is 19.3 Å². The molecule has 6 nitrogen and oxygen atoms in total. The minimum Gasteiger partial charge on any atom is -0.339 e. The van der Waals surface area contributed by atoms with Crippen LogP contribution in [0.4, 0.5) is 0 Å². The van der Waals surface area contributed by atoms with Gasteiger partial charge in [0.15, 0.2) is 0 Å². The van der Waals surface area contributed by atoms with Crippen LogP contribution in [-0.2, 0) is 11.2 Å². The number of benzene rings is 1. The number of fused-ring (bicyclic) bond motifs is 1. The monoisotopic (exact) mass is 268 g/mol. The summed E-state index contributed by atoms with van der Waals surface area (Å²) in [4.78, 5) is 23.7. The van der Waals surface area contributed by atoms with E-state index in [9.17, 15) is 4.79 Å². The summed E-state index contributed by atoms with van der Waals surface area (Å²) < 4.78 is 5.13. The van der Waals surface area contributed by atoms with Crippen molar-refractivity contribution in [3.8, 4) is 11.4 Å². The highest BCUT2D eigenvalue weighted by molar-refractivity contribution is 5.79. The largest absolute Gasteiger partial charge is 0.339 e. The minimum absolute atomic E-state index is 0.103. The number of carbonyl (C=O) groups excluding carboxylic acids is 1. The molecule has 2 heterocycles. The van der Waals surface area contributed by atoms with Crippen LogP contribution >= 0.6 is 0 Å². The number of Topliss-reactive ketones (excluding diaryl/α,β-unsaturated/α-hetero) is 1. The summed E-state index contributed by atoms with van der Waals surface area (Å²) >= 11 is 0. The van der Waals surface area contributed by atoms with Gasteiger partial charge in [0.1, 0.15) is 5.78 Å². The maximum atomic E-state index is 10.9. The van der Waals surface area contributed by atoms with Crippen LogP contribution in [0.1, 0.15) is 19.2 Å². The van der Waals surface area contributed by atoms with Crippen LogP contribution in [0.25, 0.3) is 22.4 Å². The number of carbonyl (C=O) groups is 1. The first kappa shape index (κ1) is 12.4. The first-order chi connectivity index (χ1) is 9.72. The zero-order valence-corrected chi connectivity index (χ0v) is 10.9. The van der Waals surface area contributed by atoms with Crippen molar-refractivity contribution in [1.82, 2.24) is 20.1 Å². The van der Waals surface area contributed by atoms with Crippen molar-refractivity contribution in [3.63, 3.8) is 0 Å². The van der Waals surface area contributed by atoms with Crippen molar-refractivity contribution < 1.29 is 9.32 Å². The lowest BCUT2D eigenvalue weighted by molar-refractivity contribution is -0.117. The highest BCUT2D eigenvalue weighted by atomic mass is 16.5. The molecule has 0 radical (unpaired) electrons. The summed E-state index contributed by atoms with van der Waals surface area (Å²) in [5.41, 5.74) is 2.41. The zero-order valence-electron chi connectivity index (χ0n) is 10.9. The lowest BCUT2D eigenvalue weighted by Gasteiger charge is -1.97. The fraction of sp³-hybridized carbons (Fsp3) is 0.214. The van der Waals surface area contributed by atoms with Crippen LogP contribution in [0.3, 0.4) is 0 Å². The average Bonchev–Trinajstić information content (AvgIpc) is 2.93. The summed E-state index contributed by atoms with van der Waals surface area (Å²) in [7, 11) is 0. The molecule has 0 aliphatic heterocycles. The lowest BCUT2D eigenvalue weighted by Crippen LogP contribution is -1.94. The molecule has 0 aliphatic rings. The molecule has 0 saturated carbocycles. The molecule has 0 fully saturated rings. The maximum absolute atomic E-state index is 10.9. The molecule has 1 aromatic carbocycles. The fourth-order valence-electron chi connectivity index (χ4n) is 1.86. The number of rotatable bonds is 4. The van der Waals surface area contributed by atoms with E-state index < -0.39 is 0 Å². The van der Waals surface area contributed by atoms with Crippen molar-refractivity contribution in [1.29, 1.82) is 0 Å². The van der Waals surface area contributed by atoms with Gasteiger partial charge in [-0.05, 0) is 25.1 Å². The molecule has 0 bridgehead atoms. The van der Waals surface area contributed by atoms with Crippen molar-refractivity contribution in [2.24, 2.45) is 0 Å². The predicted octanol–water partition coefficient (Wildman–Crippen LogP) is 2.20. The van der Waals surface area contributed by atoms with E-state index in [4.69, 9.17) is 4.52 Å². The fourth-order valence-corrected chi connectivity index (χ4v) is 1.86. The van der Waals surface area contributed by atoms with Crippen molar-refractivity contribution in [2.75, 3.05) is 0 Å². The Bertz CT molecular complexity index is 766. The Morgan fingerprint density at radius 2 is 2.00 bits per heavy atom. The highest BCUT2D eigenvalue weighted by Gasteiger charge is 2.10. The van der Waals surface area contributed by atoms with Gasteiger partial charge in [-0.15, -0.1) is 0 Å². The summed E-state index contributed by atoms with van der Waals surface area (Å²) in [6.45, 7) is 1.54. The molecule has 100 valence electrons. The zero-order chi connectivity index (χ0) is 13.9. The molecule has 3 rings (SSSR count). The number of ketones is 1. The Labute approximate surface area is 114 Å². The molecule has 0 amide bonds. The number of aromatic nitrogens is 4. The van der Waals surface area contributed by atoms with Gasteiger partial charge in [0.25, 0.3) is 0 Å². The highest BCUT2D eigenvalue weighted by Crippen LogP contribution is 2.20. The van der Waals surface area contributed by atoms with Gasteiger partial charge >= 0.3 is 0 Å². The van der Waals surface area contributed by atoms with Gasteiger partial charge in [-0.2, -0.15) is 4.98 Å². The quantitative estimate of drug-likeness (QED) is 0.721. The Hall–Kier alpha value is -2.63. The van der Waals surface area contributed by atoms with Crippen LogP contribution in [-0.4, -0.2) is 25.9 Å². The van der Waals surface area contributed by atoms with Crippen LogP contribution < -0.4 is 0 Å². The van der Waals surface area contributed by atoms with E-state index in [2.05, 4.69) is 20.1 Å². The Balaban J connectivity index is 1.89. The summed E-state index contributed by atoms with van der Waals surface area (Å²) in [6.07, 6.45) is 4.16. The van der Waals surface area contributed by atoms with Crippen LogP contribution in [0.5, 0.6) is 0 Å². The molecule has 2 aromatic heterocycles. The average molecular weight is 268 g/mol. The first-order valence-electron chi connectivity index (χ1n) is 6.25. The third-order valence-corrected chi connectivity index (χ3v) is 2.89. The smallest absolute Gasteiger partial charge is 0.227 e. The topological polar surface area (TPSA) is 81.8 Å². The molecule has 0 aliphatic carbocycles. The second-order valence-corrected chi connectivity index (χ2v) is 4.47. The van der Waals surface area contributed by atoms with Gasteiger partial charge in [-0.25, -0.2) is 0 Å². The van der Waals surface area contributed by atoms with Crippen LogP contribution in [0.15, 0.2) is 35.1 Å². The number of hydrogen-bond acceptors (Lipinski definition) is 6. The van der Waals surface area contributed by atoms with Crippen molar-refractivity contribution >= 4 is 16.8 Å². The second kappa shape index (κ2) is 5.16. The van der Waals surface area contributed by atoms with Gasteiger partial charge in [0.2, 0.25) is 11.7 Å². The van der Waals surface area contributed by atoms with Gasteiger partial charge in [-0.3, -0.25) is 9.97 Å². The Morgan fingerprint density at radius 3 is 2.80 bits per heavy atom. The van der Waals surface area contributed by atoms with E-state index in [0.29, 0.717) is 24.6 Å². The second-order valence-electron chi connectivity index (χ2n) is 4.47. The lowest BCUT2D eigenvalue weighted by atomic mass is 10.2. The standard InChI is InChI=1S/C14H12N4O2/c1-9(19)2-5-13-17-14(18-20-13)10-3-4-11-12(8-10)16-7-6-15-11/h3-4,6-8H,2,5H2,1H3. The van der Waals surface area contributed by atoms with Crippen LogP contribution in [0.2, 0.25) is 0 Å². The van der Waals surface area contributed by atoms with Crippen LogP contribution in [0, 0.1) is 0 Å². The van der Waals surface area contributed by atoms with E-state index in [1.165, 1.54) is 0 Å². The Morgan fingerprint density at radius 1 is 1.20 bits per heavy atom. The van der Waals surface area contributed by atoms with E-state index in [1.807, 2.05) is 18.2 Å². The molecule has 0 atom stereocenters. The molecule has 6 heteroatoms. The SMILES string of the molecule is CC(=O)CCc1nc(-c2ccc3nccnc3c2)no1. The molecular weight excluding hydrogens is 256 g/mol. The number of nitrogens with zero attached hydrogens (tertiary/aromatic N) is 4. The normalized spacial score (nSPS) is 10.8. The summed E-state index contributed by atoms with van der Waals surface area (Å²) in [5.74, 6) is 1.07. The molecule has 0 N–H and O–H groups in total. The molecular formula is C14H12N4O2. The summed E-state index contributed by atoms with van der Waals surface area (Å²) in [5, 5.41) is 3.93. The van der Waals surface area contributed by atoms with E-state index in [0.717, 1.165) is 16.6 Å². The van der Waals surface area contributed by atoms with Gasteiger partial charge in [0.05, 0.1) is 11.0 Å². The van der Waals surface area contributed by atoms with Gasteiger partial charge in [-0.1, -0.05) is 5.16 Å². The molecule has 20 heavy (non-hydrogen) atoms.